The summed E-state index contributed by atoms with van der Waals surface area (Å²) in [6, 6.07) is 1.96. The van der Waals surface area contributed by atoms with Gasteiger partial charge in [-0.2, -0.15) is 10.4 Å². The first-order valence-electron chi connectivity index (χ1n) is 4.76. The Morgan fingerprint density at radius 1 is 1.71 bits per heavy atom. The first-order valence-corrected chi connectivity index (χ1v) is 4.76. The molecule has 0 N–H and O–H groups in total. The molecule has 0 aromatic carbocycles. The van der Waals surface area contributed by atoms with Crippen LogP contribution >= 0.6 is 0 Å². The van der Waals surface area contributed by atoms with E-state index in [0.29, 0.717) is 23.5 Å². The van der Waals surface area contributed by atoms with Gasteiger partial charge in [-0.3, -0.25) is 9.48 Å². The first kappa shape index (κ1) is 8.95. The van der Waals surface area contributed by atoms with Gasteiger partial charge in [-0.1, -0.05) is 6.42 Å². The maximum atomic E-state index is 10.7. The third-order valence-corrected chi connectivity index (χ3v) is 2.77. The molecule has 4 nitrogen and oxygen atoms in total. The quantitative estimate of drug-likeness (QED) is 0.674. The van der Waals surface area contributed by atoms with E-state index in [2.05, 4.69) is 5.10 Å². The summed E-state index contributed by atoms with van der Waals surface area (Å²) < 4.78 is 1.65. The lowest BCUT2D eigenvalue weighted by Crippen LogP contribution is -2.20. The molecule has 0 amide bonds. The molecule has 0 spiro atoms. The average molecular weight is 189 g/mol. The Kier molecular flexibility index (Phi) is 2.32. The van der Waals surface area contributed by atoms with Gasteiger partial charge in [0.25, 0.3) is 0 Å². The van der Waals surface area contributed by atoms with Crippen molar-refractivity contribution in [3.8, 4) is 6.07 Å². The first-order chi connectivity index (χ1) is 6.85. The predicted octanol–water partition coefficient (Wildman–Crippen LogP) is 1.37. The van der Waals surface area contributed by atoms with Crippen LogP contribution in [-0.2, 0) is 6.54 Å². The maximum absolute atomic E-state index is 10.7. The van der Waals surface area contributed by atoms with Crippen molar-refractivity contribution in [1.29, 1.82) is 5.26 Å². The fourth-order valence-electron chi connectivity index (χ4n) is 1.67. The van der Waals surface area contributed by atoms with E-state index in [9.17, 15) is 4.79 Å². The highest BCUT2D eigenvalue weighted by atomic mass is 16.1. The molecule has 1 heterocycles. The van der Waals surface area contributed by atoms with Gasteiger partial charge >= 0.3 is 0 Å². The molecule has 0 aliphatic heterocycles. The SMILES string of the molecule is N#Cc1cnn(CC2CCC2)c1C=O. The highest BCUT2D eigenvalue weighted by Crippen LogP contribution is 2.28. The molecule has 0 saturated heterocycles. The van der Waals surface area contributed by atoms with Gasteiger partial charge in [0.15, 0.2) is 6.29 Å². The van der Waals surface area contributed by atoms with Gasteiger partial charge in [-0.15, -0.1) is 0 Å². The second-order valence-electron chi connectivity index (χ2n) is 3.65. The molecule has 0 radical (unpaired) electrons. The summed E-state index contributed by atoms with van der Waals surface area (Å²) in [5, 5.41) is 12.7. The largest absolute Gasteiger partial charge is 0.296 e. The average Bonchev–Trinajstić information content (AvgIpc) is 2.53. The van der Waals surface area contributed by atoms with Crippen molar-refractivity contribution in [3.05, 3.63) is 17.5 Å². The summed E-state index contributed by atoms with van der Waals surface area (Å²) in [4.78, 5) is 10.7. The Balaban J connectivity index is 2.20. The highest BCUT2D eigenvalue weighted by molar-refractivity contribution is 5.76. The monoisotopic (exact) mass is 189 g/mol. The number of nitriles is 1. The molecule has 14 heavy (non-hydrogen) atoms. The number of aldehydes is 1. The fourth-order valence-corrected chi connectivity index (χ4v) is 1.67. The summed E-state index contributed by atoms with van der Waals surface area (Å²) in [6.07, 6.45) is 5.86. The molecule has 2 rings (SSSR count). The van der Waals surface area contributed by atoms with Crippen LogP contribution in [0.3, 0.4) is 0 Å². The molecule has 1 saturated carbocycles. The summed E-state index contributed by atoms with van der Waals surface area (Å²) in [7, 11) is 0. The van der Waals surface area contributed by atoms with Crippen LogP contribution < -0.4 is 0 Å². The summed E-state index contributed by atoms with van der Waals surface area (Å²) in [5.74, 6) is 0.639. The van der Waals surface area contributed by atoms with Gasteiger partial charge in [0, 0.05) is 6.54 Å². The zero-order chi connectivity index (χ0) is 9.97. The van der Waals surface area contributed by atoms with E-state index in [-0.39, 0.29) is 0 Å². The van der Waals surface area contributed by atoms with Crippen molar-refractivity contribution in [2.45, 2.75) is 25.8 Å². The van der Waals surface area contributed by atoms with Crippen LogP contribution in [-0.4, -0.2) is 16.1 Å². The lowest BCUT2D eigenvalue weighted by Gasteiger charge is -2.25. The van der Waals surface area contributed by atoms with Crippen molar-refractivity contribution in [1.82, 2.24) is 9.78 Å². The number of carbonyl (C=O) groups is 1. The number of rotatable bonds is 3. The van der Waals surface area contributed by atoms with Crippen molar-refractivity contribution < 1.29 is 4.79 Å². The molecule has 1 aromatic heterocycles. The minimum atomic E-state index is 0.374. The van der Waals surface area contributed by atoms with E-state index >= 15 is 0 Å². The van der Waals surface area contributed by atoms with E-state index in [4.69, 9.17) is 5.26 Å². The highest BCUT2D eigenvalue weighted by Gasteiger charge is 2.20. The summed E-state index contributed by atoms with van der Waals surface area (Å²) in [6.45, 7) is 0.774. The van der Waals surface area contributed by atoms with Crippen LogP contribution in [0.15, 0.2) is 6.20 Å². The van der Waals surface area contributed by atoms with Gasteiger partial charge in [0.2, 0.25) is 0 Å². The number of hydrogen-bond donors (Lipinski definition) is 0. The van der Waals surface area contributed by atoms with Gasteiger partial charge in [0.1, 0.15) is 17.3 Å². The van der Waals surface area contributed by atoms with E-state index in [1.807, 2.05) is 6.07 Å². The Morgan fingerprint density at radius 3 is 3.00 bits per heavy atom. The zero-order valence-electron chi connectivity index (χ0n) is 7.81. The van der Waals surface area contributed by atoms with Crippen molar-refractivity contribution in [2.75, 3.05) is 0 Å². The van der Waals surface area contributed by atoms with E-state index < -0.39 is 0 Å². The van der Waals surface area contributed by atoms with E-state index in [0.717, 1.165) is 6.54 Å². The van der Waals surface area contributed by atoms with Gasteiger partial charge in [0.05, 0.1) is 6.20 Å². The van der Waals surface area contributed by atoms with Crippen LogP contribution in [0.25, 0.3) is 0 Å². The normalized spacial score (nSPS) is 15.9. The zero-order valence-corrected chi connectivity index (χ0v) is 7.81. The lowest BCUT2D eigenvalue weighted by molar-refractivity contribution is 0.111. The molecule has 72 valence electrons. The molecule has 0 bridgehead atoms. The molecule has 0 unspecified atom stereocenters. The third kappa shape index (κ3) is 1.41. The number of carbonyl (C=O) groups excluding carboxylic acids is 1. The Labute approximate surface area is 82.1 Å². The Morgan fingerprint density at radius 2 is 2.50 bits per heavy atom. The molecular formula is C10H11N3O. The topological polar surface area (TPSA) is 58.7 Å². The maximum Gasteiger partial charge on any atom is 0.169 e. The second kappa shape index (κ2) is 3.62. The fraction of sp³-hybridized carbons (Fsp3) is 0.500. The molecule has 4 heteroatoms. The van der Waals surface area contributed by atoms with Gasteiger partial charge in [-0.25, -0.2) is 0 Å². The molecule has 1 aliphatic rings. The molecule has 0 atom stereocenters. The van der Waals surface area contributed by atoms with Crippen LogP contribution in [0.4, 0.5) is 0 Å². The van der Waals surface area contributed by atoms with Gasteiger partial charge < -0.3 is 0 Å². The smallest absolute Gasteiger partial charge is 0.169 e. The molecule has 1 fully saturated rings. The van der Waals surface area contributed by atoms with Crippen molar-refractivity contribution in [3.63, 3.8) is 0 Å². The number of nitrogens with zero attached hydrogens (tertiary/aromatic N) is 3. The minimum absolute atomic E-state index is 0.374. The van der Waals surface area contributed by atoms with E-state index in [1.165, 1.54) is 25.5 Å². The minimum Gasteiger partial charge on any atom is -0.296 e. The summed E-state index contributed by atoms with van der Waals surface area (Å²) >= 11 is 0. The lowest BCUT2D eigenvalue weighted by atomic mass is 9.85. The second-order valence-corrected chi connectivity index (χ2v) is 3.65. The third-order valence-electron chi connectivity index (χ3n) is 2.77. The van der Waals surface area contributed by atoms with Crippen LogP contribution in [0.5, 0.6) is 0 Å². The van der Waals surface area contributed by atoms with Crippen molar-refractivity contribution >= 4 is 6.29 Å². The van der Waals surface area contributed by atoms with Crippen LogP contribution in [0.2, 0.25) is 0 Å². The standard InChI is InChI=1S/C10H11N3O/c11-4-9-5-12-13(10(9)7-14)6-8-2-1-3-8/h5,7-8H,1-3,6H2. The van der Waals surface area contributed by atoms with Crippen LogP contribution in [0.1, 0.15) is 35.3 Å². The Bertz CT molecular complexity index is 385. The van der Waals surface area contributed by atoms with Crippen LogP contribution in [0, 0.1) is 17.2 Å². The number of aromatic nitrogens is 2. The number of hydrogen-bond acceptors (Lipinski definition) is 3. The molecular weight excluding hydrogens is 178 g/mol. The van der Waals surface area contributed by atoms with Gasteiger partial charge in [-0.05, 0) is 18.8 Å². The molecule has 1 aromatic rings. The molecule has 1 aliphatic carbocycles. The van der Waals surface area contributed by atoms with Crippen molar-refractivity contribution in [2.24, 2.45) is 5.92 Å². The van der Waals surface area contributed by atoms with E-state index in [1.54, 1.807) is 4.68 Å². The summed E-state index contributed by atoms with van der Waals surface area (Å²) in [5.41, 5.74) is 0.790. The Hall–Kier alpha value is -1.63. The predicted molar refractivity (Wildman–Crippen MR) is 49.7 cm³/mol.